The summed E-state index contributed by atoms with van der Waals surface area (Å²) in [6, 6.07) is 4.08. The summed E-state index contributed by atoms with van der Waals surface area (Å²) in [5.41, 5.74) is 6.03. The maximum Gasteiger partial charge on any atom is 0.321 e. The van der Waals surface area contributed by atoms with Gasteiger partial charge in [-0.3, -0.25) is 10.1 Å². The first-order valence-electron chi connectivity index (χ1n) is 5.18. The van der Waals surface area contributed by atoms with E-state index in [0.29, 0.717) is 16.5 Å². The van der Waals surface area contributed by atoms with Crippen molar-refractivity contribution in [3.8, 4) is 5.75 Å². The summed E-state index contributed by atoms with van der Waals surface area (Å²) in [6.07, 6.45) is -0.872. The summed E-state index contributed by atoms with van der Waals surface area (Å²) in [6.45, 7) is 1.50. The Bertz CT molecular complexity index is 465. The molecule has 0 heterocycles. The molecular formula is C11H14ClN3O3. The van der Waals surface area contributed by atoms with Crippen LogP contribution >= 0.6 is 11.6 Å². The van der Waals surface area contributed by atoms with Gasteiger partial charge in [0.15, 0.2) is 6.10 Å². The third kappa shape index (κ3) is 3.81. The van der Waals surface area contributed by atoms with Gasteiger partial charge in [-0.2, -0.15) is 0 Å². The molecule has 0 spiro atoms. The molecule has 1 aromatic rings. The van der Waals surface area contributed by atoms with E-state index in [-0.39, 0.29) is 0 Å². The number of benzene rings is 1. The molecule has 0 radical (unpaired) electrons. The van der Waals surface area contributed by atoms with E-state index in [9.17, 15) is 9.59 Å². The number of halogens is 1. The van der Waals surface area contributed by atoms with Crippen molar-refractivity contribution in [2.24, 2.45) is 0 Å². The molecule has 1 aromatic carbocycles. The maximum atomic E-state index is 11.5. The summed E-state index contributed by atoms with van der Waals surface area (Å²) in [4.78, 5) is 22.5. The lowest BCUT2D eigenvalue weighted by Gasteiger charge is -2.15. The summed E-state index contributed by atoms with van der Waals surface area (Å²) in [5, 5.41) is 4.80. The standard InChI is InChI=1S/C11H14ClN3O3/c1-6(10(16)15-11(17)14-2)18-9-5-7(12)3-4-8(9)13/h3-6H,13H2,1-2H3,(H2,14,15,16,17). The van der Waals surface area contributed by atoms with Gasteiger partial charge in [0.2, 0.25) is 0 Å². The molecule has 1 atom stereocenters. The van der Waals surface area contributed by atoms with Crippen molar-refractivity contribution in [1.82, 2.24) is 10.6 Å². The Hall–Kier alpha value is -1.95. The molecule has 0 saturated carbocycles. The van der Waals surface area contributed by atoms with Gasteiger partial charge in [0.05, 0.1) is 5.69 Å². The highest BCUT2D eigenvalue weighted by molar-refractivity contribution is 6.30. The highest BCUT2D eigenvalue weighted by Gasteiger charge is 2.17. The van der Waals surface area contributed by atoms with Gasteiger partial charge in [-0.05, 0) is 19.1 Å². The Balaban J connectivity index is 2.69. The van der Waals surface area contributed by atoms with E-state index in [1.807, 2.05) is 0 Å². The zero-order valence-corrected chi connectivity index (χ0v) is 10.7. The quantitative estimate of drug-likeness (QED) is 0.719. The van der Waals surface area contributed by atoms with Crippen molar-refractivity contribution in [2.75, 3.05) is 12.8 Å². The molecule has 0 fully saturated rings. The second-order valence-electron chi connectivity index (χ2n) is 3.51. The minimum atomic E-state index is -0.872. The third-order valence-electron chi connectivity index (χ3n) is 2.11. The van der Waals surface area contributed by atoms with E-state index in [1.54, 1.807) is 12.1 Å². The van der Waals surface area contributed by atoms with Crippen LogP contribution < -0.4 is 21.1 Å². The van der Waals surface area contributed by atoms with Crippen molar-refractivity contribution in [3.05, 3.63) is 23.2 Å². The van der Waals surface area contributed by atoms with Crippen molar-refractivity contribution in [1.29, 1.82) is 0 Å². The monoisotopic (exact) mass is 271 g/mol. The van der Waals surface area contributed by atoms with Gasteiger partial charge in [-0.1, -0.05) is 11.6 Å². The average molecular weight is 272 g/mol. The number of nitrogens with one attached hydrogen (secondary N) is 2. The molecule has 0 aliphatic heterocycles. The lowest BCUT2D eigenvalue weighted by atomic mass is 10.3. The molecule has 0 aromatic heterocycles. The van der Waals surface area contributed by atoms with Gasteiger partial charge in [-0.15, -0.1) is 0 Å². The number of imide groups is 1. The summed E-state index contributed by atoms with van der Waals surface area (Å²) < 4.78 is 5.33. The maximum absolute atomic E-state index is 11.5. The van der Waals surface area contributed by atoms with E-state index in [2.05, 4.69) is 10.6 Å². The number of amides is 3. The number of hydrogen-bond donors (Lipinski definition) is 3. The number of hydrogen-bond acceptors (Lipinski definition) is 4. The Kier molecular flexibility index (Phi) is 4.79. The van der Waals surface area contributed by atoms with E-state index >= 15 is 0 Å². The Morgan fingerprint density at radius 2 is 2.11 bits per heavy atom. The molecule has 0 aliphatic carbocycles. The van der Waals surface area contributed by atoms with Gasteiger partial charge in [0, 0.05) is 18.1 Å². The fraction of sp³-hybridized carbons (Fsp3) is 0.273. The van der Waals surface area contributed by atoms with Crippen LogP contribution in [0.15, 0.2) is 18.2 Å². The van der Waals surface area contributed by atoms with Crippen LogP contribution in [0, 0.1) is 0 Å². The van der Waals surface area contributed by atoms with E-state index in [4.69, 9.17) is 22.1 Å². The number of rotatable bonds is 3. The van der Waals surface area contributed by atoms with Crippen LogP contribution in [0.3, 0.4) is 0 Å². The normalized spacial score (nSPS) is 11.5. The van der Waals surface area contributed by atoms with Crippen LogP contribution in [0.25, 0.3) is 0 Å². The molecule has 0 saturated heterocycles. The van der Waals surface area contributed by atoms with Crippen molar-refractivity contribution >= 4 is 29.2 Å². The first kappa shape index (κ1) is 14.1. The zero-order valence-electron chi connectivity index (χ0n) is 9.99. The fourth-order valence-corrected chi connectivity index (χ4v) is 1.29. The van der Waals surface area contributed by atoms with Crippen LogP contribution in [0.4, 0.5) is 10.5 Å². The smallest absolute Gasteiger partial charge is 0.321 e. The highest BCUT2D eigenvalue weighted by atomic mass is 35.5. The van der Waals surface area contributed by atoms with Crippen molar-refractivity contribution in [3.63, 3.8) is 0 Å². The summed E-state index contributed by atoms with van der Waals surface area (Å²) in [5.74, 6) is -0.282. The van der Waals surface area contributed by atoms with Gasteiger partial charge < -0.3 is 15.8 Å². The molecule has 0 bridgehead atoms. The molecule has 18 heavy (non-hydrogen) atoms. The van der Waals surface area contributed by atoms with Crippen molar-refractivity contribution in [2.45, 2.75) is 13.0 Å². The van der Waals surface area contributed by atoms with Crippen LogP contribution in [-0.2, 0) is 4.79 Å². The highest BCUT2D eigenvalue weighted by Crippen LogP contribution is 2.26. The number of nitrogen functional groups attached to an aromatic ring is 1. The largest absolute Gasteiger partial charge is 0.479 e. The molecule has 1 unspecified atom stereocenters. The number of ether oxygens (including phenoxy) is 1. The van der Waals surface area contributed by atoms with E-state index < -0.39 is 18.0 Å². The Morgan fingerprint density at radius 3 is 2.72 bits per heavy atom. The van der Waals surface area contributed by atoms with E-state index in [1.165, 1.54) is 20.0 Å². The molecule has 0 aliphatic rings. The summed E-state index contributed by atoms with van der Waals surface area (Å²) in [7, 11) is 1.41. The van der Waals surface area contributed by atoms with E-state index in [0.717, 1.165) is 0 Å². The SMILES string of the molecule is CNC(=O)NC(=O)C(C)Oc1cc(Cl)ccc1N. The minimum absolute atomic E-state index is 0.294. The van der Waals surface area contributed by atoms with Gasteiger partial charge in [0.1, 0.15) is 5.75 Å². The average Bonchev–Trinajstić information content (AvgIpc) is 2.33. The van der Waals surface area contributed by atoms with Crippen LogP contribution in [-0.4, -0.2) is 25.1 Å². The number of nitrogens with two attached hydrogens (primary N) is 1. The van der Waals surface area contributed by atoms with Crippen LogP contribution in [0.2, 0.25) is 5.02 Å². The fourth-order valence-electron chi connectivity index (χ4n) is 1.13. The molecule has 3 amide bonds. The number of carbonyl (C=O) groups is 2. The first-order chi connectivity index (χ1) is 8.43. The lowest BCUT2D eigenvalue weighted by molar-refractivity contribution is -0.126. The Morgan fingerprint density at radius 1 is 1.44 bits per heavy atom. The van der Waals surface area contributed by atoms with Crippen LogP contribution in [0.1, 0.15) is 6.92 Å². The molecule has 98 valence electrons. The Labute approximate surface area is 109 Å². The molecule has 4 N–H and O–H groups in total. The molecule has 6 nitrogen and oxygen atoms in total. The second-order valence-corrected chi connectivity index (χ2v) is 3.95. The third-order valence-corrected chi connectivity index (χ3v) is 2.35. The molecular weight excluding hydrogens is 258 g/mol. The zero-order chi connectivity index (χ0) is 13.7. The minimum Gasteiger partial charge on any atom is -0.479 e. The predicted octanol–water partition coefficient (Wildman–Crippen LogP) is 1.15. The summed E-state index contributed by atoms with van der Waals surface area (Å²) >= 11 is 5.79. The molecule has 1 rings (SSSR count). The second kappa shape index (κ2) is 6.11. The number of anilines is 1. The lowest BCUT2D eigenvalue weighted by Crippen LogP contribution is -2.44. The molecule has 7 heteroatoms. The number of urea groups is 1. The topological polar surface area (TPSA) is 93.5 Å². The van der Waals surface area contributed by atoms with Gasteiger partial charge >= 0.3 is 6.03 Å². The van der Waals surface area contributed by atoms with Crippen molar-refractivity contribution < 1.29 is 14.3 Å². The predicted molar refractivity (Wildman–Crippen MR) is 68.6 cm³/mol. The van der Waals surface area contributed by atoms with Gasteiger partial charge in [-0.25, -0.2) is 4.79 Å². The van der Waals surface area contributed by atoms with Gasteiger partial charge in [0.25, 0.3) is 5.91 Å². The van der Waals surface area contributed by atoms with Crippen LogP contribution in [0.5, 0.6) is 5.75 Å². The first-order valence-corrected chi connectivity index (χ1v) is 5.56. The number of carbonyl (C=O) groups excluding carboxylic acids is 2.